The molecule has 10 heteroatoms. The van der Waals surface area contributed by atoms with Crippen LogP contribution in [-0.2, 0) is 14.3 Å². The summed E-state index contributed by atoms with van der Waals surface area (Å²) in [5, 5.41) is 13.2. The van der Waals surface area contributed by atoms with Gasteiger partial charge in [0.15, 0.2) is 5.65 Å². The van der Waals surface area contributed by atoms with Crippen LogP contribution in [0.2, 0.25) is 0 Å². The SMILES string of the molecule is COCCNc1nc(NC(C)c2ccccc2)nc2c(C=C3CC(=O)NC3=O)cnn12. The summed E-state index contributed by atoms with van der Waals surface area (Å²) < 4.78 is 6.67. The zero-order valence-corrected chi connectivity index (χ0v) is 17.3. The number of fused-ring (bicyclic) bond motifs is 1. The second-order valence-corrected chi connectivity index (χ2v) is 7.13. The molecule has 2 aromatic heterocycles. The van der Waals surface area contributed by atoms with E-state index in [1.807, 2.05) is 37.3 Å². The Hall–Kier alpha value is -3.79. The van der Waals surface area contributed by atoms with E-state index in [1.54, 1.807) is 23.9 Å². The minimum atomic E-state index is -0.395. The van der Waals surface area contributed by atoms with Crippen molar-refractivity contribution in [2.75, 3.05) is 30.9 Å². The van der Waals surface area contributed by atoms with Crippen molar-refractivity contribution in [1.29, 1.82) is 0 Å². The highest BCUT2D eigenvalue weighted by Crippen LogP contribution is 2.22. The second kappa shape index (κ2) is 8.92. The van der Waals surface area contributed by atoms with Crippen molar-refractivity contribution in [3.63, 3.8) is 0 Å². The molecule has 3 N–H and O–H groups in total. The third-order valence-corrected chi connectivity index (χ3v) is 4.86. The third-order valence-electron chi connectivity index (χ3n) is 4.86. The molecule has 160 valence electrons. The van der Waals surface area contributed by atoms with Gasteiger partial charge in [-0.3, -0.25) is 14.9 Å². The quantitative estimate of drug-likeness (QED) is 0.286. The van der Waals surface area contributed by atoms with E-state index in [-0.39, 0.29) is 18.4 Å². The van der Waals surface area contributed by atoms with Gasteiger partial charge in [0.05, 0.1) is 25.3 Å². The molecule has 3 aromatic rings. The fourth-order valence-electron chi connectivity index (χ4n) is 3.27. The number of hydrogen-bond donors (Lipinski definition) is 3. The molecule has 1 unspecified atom stereocenters. The van der Waals surface area contributed by atoms with E-state index in [1.165, 1.54) is 0 Å². The molecule has 1 atom stereocenters. The fraction of sp³-hybridized carbons (Fsp3) is 0.286. The summed E-state index contributed by atoms with van der Waals surface area (Å²) in [6.45, 7) is 3.05. The van der Waals surface area contributed by atoms with E-state index < -0.39 is 5.91 Å². The third kappa shape index (κ3) is 4.53. The Morgan fingerprint density at radius 2 is 2.06 bits per heavy atom. The highest BCUT2D eigenvalue weighted by Gasteiger charge is 2.24. The van der Waals surface area contributed by atoms with Crippen LogP contribution in [0.4, 0.5) is 11.9 Å². The van der Waals surface area contributed by atoms with Crippen molar-refractivity contribution in [2.45, 2.75) is 19.4 Å². The first kappa shape index (κ1) is 20.5. The number of benzene rings is 1. The highest BCUT2D eigenvalue weighted by atomic mass is 16.5. The summed E-state index contributed by atoms with van der Waals surface area (Å²) in [4.78, 5) is 32.7. The van der Waals surface area contributed by atoms with E-state index >= 15 is 0 Å². The van der Waals surface area contributed by atoms with Crippen molar-refractivity contribution in [2.24, 2.45) is 0 Å². The molecule has 2 amide bonds. The largest absolute Gasteiger partial charge is 0.383 e. The van der Waals surface area contributed by atoms with E-state index in [2.05, 4.69) is 31.0 Å². The molecule has 1 fully saturated rings. The average molecular weight is 421 g/mol. The number of aromatic nitrogens is 4. The van der Waals surface area contributed by atoms with Gasteiger partial charge in [-0.15, -0.1) is 0 Å². The van der Waals surface area contributed by atoms with Crippen molar-refractivity contribution in [1.82, 2.24) is 24.9 Å². The lowest BCUT2D eigenvalue weighted by Gasteiger charge is -2.15. The van der Waals surface area contributed by atoms with E-state index in [0.29, 0.717) is 41.8 Å². The molecule has 1 saturated heterocycles. The lowest BCUT2D eigenvalue weighted by atomic mass is 10.1. The first-order chi connectivity index (χ1) is 15.0. The van der Waals surface area contributed by atoms with Crippen LogP contribution >= 0.6 is 0 Å². The van der Waals surface area contributed by atoms with E-state index in [9.17, 15) is 9.59 Å². The Kier molecular flexibility index (Phi) is 5.89. The predicted octanol–water partition coefficient (Wildman–Crippen LogP) is 1.79. The van der Waals surface area contributed by atoms with Crippen molar-refractivity contribution < 1.29 is 14.3 Å². The number of carbonyl (C=O) groups excluding carboxylic acids is 2. The molecule has 10 nitrogen and oxygen atoms in total. The second-order valence-electron chi connectivity index (χ2n) is 7.13. The summed E-state index contributed by atoms with van der Waals surface area (Å²) in [6, 6.07) is 9.94. The van der Waals surface area contributed by atoms with Crippen LogP contribution in [0.25, 0.3) is 11.7 Å². The number of anilines is 2. The lowest BCUT2D eigenvalue weighted by molar-refractivity contribution is -0.124. The highest BCUT2D eigenvalue weighted by molar-refractivity contribution is 6.15. The Labute approximate surface area is 178 Å². The smallest absolute Gasteiger partial charge is 0.254 e. The Bertz CT molecular complexity index is 1140. The monoisotopic (exact) mass is 421 g/mol. The molecule has 31 heavy (non-hydrogen) atoms. The lowest BCUT2D eigenvalue weighted by Crippen LogP contribution is -2.19. The minimum Gasteiger partial charge on any atom is -0.383 e. The molecule has 0 spiro atoms. The topological polar surface area (TPSA) is 123 Å². The van der Waals surface area contributed by atoms with Crippen molar-refractivity contribution in [3.8, 4) is 0 Å². The van der Waals surface area contributed by atoms with Crippen molar-refractivity contribution in [3.05, 3.63) is 53.2 Å². The summed E-state index contributed by atoms with van der Waals surface area (Å²) in [5.41, 5.74) is 2.60. The molecule has 1 aliphatic rings. The van der Waals surface area contributed by atoms with Crippen LogP contribution in [0, 0.1) is 0 Å². The number of imide groups is 1. The number of nitrogens with zero attached hydrogens (tertiary/aromatic N) is 4. The standard InChI is InChI=1S/C21H23N7O3/c1-13(14-6-4-3-5-7-14)24-20-26-18-16(10-15-11-17(29)25-19(15)30)12-23-28(18)21(27-20)22-8-9-31-2/h3-7,10,12-13H,8-9,11H2,1-2H3,(H,25,29,30)(H2,22,24,26,27). The molecule has 0 aliphatic carbocycles. The van der Waals surface area contributed by atoms with Crippen LogP contribution in [0.3, 0.4) is 0 Å². The van der Waals surface area contributed by atoms with Gasteiger partial charge in [0, 0.05) is 24.8 Å². The molecule has 4 rings (SSSR count). The van der Waals surface area contributed by atoms with Crippen LogP contribution in [0.1, 0.15) is 30.5 Å². The maximum Gasteiger partial charge on any atom is 0.254 e. The van der Waals surface area contributed by atoms with Gasteiger partial charge in [0.25, 0.3) is 5.91 Å². The molecule has 1 aromatic carbocycles. The van der Waals surface area contributed by atoms with Gasteiger partial charge in [-0.1, -0.05) is 30.3 Å². The van der Waals surface area contributed by atoms with Gasteiger partial charge in [-0.05, 0) is 18.6 Å². The first-order valence-corrected chi connectivity index (χ1v) is 9.90. The number of hydrogen-bond acceptors (Lipinski definition) is 8. The van der Waals surface area contributed by atoms with E-state index in [4.69, 9.17) is 4.74 Å². The Morgan fingerprint density at radius 3 is 2.77 bits per heavy atom. The molecule has 1 aliphatic heterocycles. The van der Waals surface area contributed by atoms with Crippen molar-refractivity contribution >= 4 is 35.4 Å². The fourth-order valence-corrected chi connectivity index (χ4v) is 3.27. The molecular formula is C21H23N7O3. The number of methoxy groups -OCH3 is 1. The maximum atomic E-state index is 12.0. The van der Waals surface area contributed by atoms with Crippen LogP contribution < -0.4 is 16.0 Å². The molecule has 0 radical (unpaired) electrons. The number of amides is 2. The van der Waals surface area contributed by atoms with Crippen LogP contribution in [0.15, 0.2) is 42.1 Å². The van der Waals surface area contributed by atoms with Crippen LogP contribution in [0.5, 0.6) is 0 Å². The zero-order chi connectivity index (χ0) is 21.8. The average Bonchev–Trinajstić information content (AvgIpc) is 3.31. The van der Waals surface area contributed by atoms with E-state index in [0.717, 1.165) is 5.56 Å². The predicted molar refractivity (Wildman–Crippen MR) is 115 cm³/mol. The molecule has 0 bridgehead atoms. The number of nitrogens with one attached hydrogen (secondary N) is 3. The summed E-state index contributed by atoms with van der Waals surface area (Å²) in [6.07, 6.45) is 3.27. The number of ether oxygens (including phenoxy) is 1. The Morgan fingerprint density at radius 1 is 1.26 bits per heavy atom. The van der Waals surface area contributed by atoms with Gasteiger partial charge in [-0.25, -0.2) is 0 Å². The number of carbonyl (C=O) groups is 2. The summed E-state index contributed by atoms with van der Waals surface area (Å²) in [5.74, 6) is 0.188. The van der Waals surface area contributed by atoms with Gasteiger partial charge in [0.2, 0.25) is 17.8 Å². The summed E-state index contributed by atoms with van der Waals surface area (Å²) in [7, 11) is 1.62. The first-order valence-electron chi connectivity index (χ1n) is 9.90. The molecule has 3 heterocycles. The minimum absolute atomic E-state index is 0.0292. The normalized spacial score (nSPS) is 16.0. The summed E-state index contributed by atoms with van der Waals surface area (Å²) >= 11 is 0. The Balaban J connectivity index is 1.71. The molecular weight excluding hydrogens is 398 g/mol. The van der Waals surface area contributed by atoms with Gasteiger partial charge >= 0.3 is 0 Å². The molecule has 0 saturated carbocycles. The van der Waals surface area contributed by atoms with Gasteiger partial charge < -0.3 is 15.4 Å². The van der Waals surface area contributed by atoms with Gasteiger partial charge in [0.1, 0.15) is 0 Å². The van der Waals surface area contributed by atoms with Crippen LogP contribution in [-0.4, -0.2) is 51.7 Å². The number of rotatable bonds is 8. The zero-order valence-electron chi connectivity index (χ0n) is 17.3. The van der Waals surface area contributed by atoms with Gasteiger partial charge in [-0.2, -0.15) is 19.6 Å². The maximum absolute atomic E-state index is 12.0.